The van der Waals surface area contributed by atoms with Crippen LogP contribution in [-0.2, 0) is 11.2 Å². The maximum atomic E-state index is 13.7. The van der Waals surface area contributed by atoms with Gasteiger partial charge in [-0.15, -0.1) is 0 Å². The summed E-state index contributed by atoms with van der Waals surface area (Å²) in [5.41, 5.74) is 9.00. The summed E-state index contributed by atoms with van der Waals surface area (Å²) in [6.45, 7) is 4.34. The number of halogens is 1. The van der Waals surface area contributed by atoms with Gasteiger partial charge in [0, 0.05) is 37.4 Å². The van der Waals surface area contributed by atoms with E-state index in [9.17, 15) is 14.7 Å². The van der Waals surface area contributed by atoms with Gasteiger partial charge in [0.25, 0.3) is 5.91 Å². The van der Waals surface area contributed by atoms with Gasteiger partial charge in [0.2, 0.25) is 5.91 Å². The first-order valence-corrected chi connectivity index (χ1v) is 13.5. The zero-order chi connectivity index (χ0) is 25.4. The molecule has 2 amide bonds. The van der Waals surface area contributed by atoms with E-state index < -0.39 is 5.91 Å². The number of likely N-dealkylation sites (tertiary alicyclic amines) is 1. The van der Waals surface area contributed by atoms with Crippen molar-refractivity contribution in [3.63, 3.8) is 0 Å². The summed E-state index contributed by atoms with van der Waals surface area (Å²) in [5.74, 6) is -0.235. The van der Waals surface area contributed by atoms with Crippen LogP contribution in [0.5, 0.6) is 0 Å². The van der Waals surface area contributed by atoms with Crippen molar-refractivity contribution in [3.8, 4) is 11.1 Å². The Balaban J connectivity index is 1.34. The Morgan fingerprint density at radius 1 is 1.17 bits per heavy atom. The summed E-state index contributed by atoms with van der Waals surface area (Å²) in [6.07, 6.45) is 8.24. The predicted molar refractivity (Wildman–Crippen MR) is 141 cm³/mol. The number of amides is 2. The minimum absolute atomic E-state index is 0.214. The van der Waals surface area contributed by atoms with Crippen LogP contribution in [0.15, 0.2) is 30.5 Å². The molecule has 1 aliphatic carbocycles. The molecule has 2 aromatic rings. The Kier molecular flexibility index (Phi) is 6.97. The number of pyridine rings is 1. The Morgan fingerprint density at radius 2 is 1.94 bits per heavy atom. The molecular weight excluding hydrogens is 476 g/mol. The zero-order valence-electron chi connectivity index (χ0n) is 20.9. The third-order valence-electron chi connectivity index (χ3n) is 8.43. The number of carbonyl (C=O) groups is 2. The number of benzene rings is 1. The Labute approximate surface area is 217 Å². The number of rotatable bonds is 5. The molecule has 1 aromatic carbocycles. The number of aliphatic hydroxyl groups excluding tert-OH is 1. The molecule has 7 nitrogen and oxygen atoms in total. The molecule has 36 heavy (non-hydrogen) atoms. The summed E-state index contributed by atoms with van der Waals surface area (Å²) < 4.78 is 0. The largest absolute Gasteiger partial charge is 0.393 e. The Bertz CT molecular complexity index is 1160. The molecule has 0 bridgehead atoms. The monoisotopic (exact) mass is 510 g/mol. The van der Waals surface area contributed by atoms with Crippen LogP contribution in [0, 0.1) is 5.41 Å². The van der Waals surface area contributed by atoms with E-state index in [0.717, 1.165) is 80.4 Å². The van der Waals surface area contributed by atoms with Gasteiger partial charge in [0.05, 0.1) is 22.2 Å². The molecule has 192 valence electrons. The minimum atomic E-state index is -0.521. The van der Waals surface area contributed by atoms with Crippen molar-refractivity contribution < 1.29 is 14.7 Å². The number of carbonyl (C=O) groups excluding carboxylic acids is 2. The summed E-state index contributed by atoms with van der Waals surface area (Å²) >= 11 is 6.81. The van der Waals surface area contributed by atoms with E-state index in [-0.39, 0.29) is 23.5 Å². The lowest BCUT2D eigenvalue weighted by Crippen LogP contribution is -2.50. The number of aliphatic hydroxyl groups is 1. The second kappa shape index (κ2) is 10.0. The van der Waals surface area contributed by atoms with Crippen molar-refractivity contribution in [3.05, 3.63) is 46.7 Å². The molecular formula is C28H35ClN4O3. The molecule has 1 aromatic heterocycles. The molecule has 8 heteroatoms. The molecule has 3 fully saturated rings. The fourth-order valence-corrected chi connectivity index (χ4v) is 6.68. The van der Waals surface area contributed by atoms with Crippen LogP contribution in [0.3, 0.4) is 0 Å². The molecule has 3 N–H and O–H groups in total. The second-order valence-corrected chi connectivity index (χ2v) is 11.0. The molecule has 5 rings (SSSR count). The van der Waals surface area contributed by atoms with Crippen molar-refractivity contribution in [2.45, 2.75) is 70.4 Å². The molecule has 1 saturated carbocycles. The first-order valence-electron chi connectivity index (χ1n) is 13.1. The predicted octanol–water partition coefficient (Wildman–Crippen LogP) is 4.19. The lowest BCUT2D eigenvalue weighted by atomic mass is 9.78. The number of aryl methyl sites for hydroxylation is 1. The summed E-state index contributed by atoms with van der Waals surface area (Å²) in [6, 6.07) is 8.21. The standard InChI is InChI=1S/C28H35ClN4O3/c1-2-18-14-20(16-31-25(18)26(30)35)19-4-9-24(23(29)15-19)32-12-3-10-28(17-32)11-13-33(27(28)36)21-5-7-22(34)8-6-21/h4,9,14-16,21-22,34H,2-3,5-8,10-13,17H2,1H3,(H2,30,35)/t21?,22?,28-/m0/s1. The maximum absolute atomic E-state index is 13.7. The number of hydrogen-bond acceptors (Lipinski definition) is 5. The van der Waals surface area contributed by atoms with Gasteiger partial charge < -0.3 is 20.6 Å². The summed E-state index contributed by atoms with van der Waals surface area (Å²) in [4.78, 5) is 34.0. The lowest BCUT2D eigenvalue weighted by molar-refractivity contribution is -0.139. The fourth-order valence-electron chi connectivity index (χ4n) is 6.38. The Morgan fingerprint density at radius 3 is 2.64 bits per heavy atom. The van der Waals surface area contributed by atoms with Gasteiger partial charge in [-0.05, 0) is 80.7 Å². The maximum Gasteiger partial charge on any atom is 0.267 e. The first kappa shape index (κ1) is 25.0. The average Bonchev–Trinajstić information content (AvgIpc) is 3.18. The molecule has 2 aliphatic heterocycles. The van der Waals surface area contributed by atoms with E-state index in [1.165, 1.54) is 0 Å². The van der Waals surface area contributed by atoms with Gasteiger partial charge in [-0.1, -0.05) is 24.6 Å². The molecule has 3 heterocycles. The fraction of sp³-hybridized carbons (Fsp3) is 0.536. The topological polar surface area (TPSA) is 99.8 Å². The Hall–Kier alpha value is -2.64. The highest BCUT2D eigenvalue weighted by Crippen LogP contribution is 2.44. The SMILES string of the molecule is CCc1cc(-c2ccc(N3CCC[C@]4(CCN(C5CCC(O)CC5)C4=O)C3)c(Cl)c2)cnc1C(N)=O. The highest BCUT2D eigenvalue weighted by atomic mass is 35.5. The van der Waals surface area contributed by atoms with Gasteiger partial charge in [-0.2, -0.15) is 0 Å². The number of nitrogens with two attached hydrogens (primary N) is 1. The van der Waals surface area contributed by atoms with Crippen LogP contribution in [-0.4, -0.2) is 58.6 Å². The minimum Gasteiger partial charge on any atom is -0.393 e. The van der Waals surface area contributed by atoms with E-state index in [2.05, 4.69) is 14.8 Å². The van der Waals surface area contributed by atoms with Crippen LogP contribution in [0.2, 0.25) is 5.02 Å². The van der Waals surface area contributed by atoms with Crippen LogP contribution in [0.1, 0.15) is 67.9 Å². The van der Waals surface area contributed by atoms with E-state index in [0.29, 0.717) is 23.7 Å². The van der Waals surface area contributed by atoms with E-state index in [4.69, 9.17) is 17.3 Å². The van der Waals surface area contributed by atoms with Crippen LogP contribution >= 0.6 is 11.6 Å². The molecule has 3 aliphatic rings. The van der Waals surface area contributed by atoms with Crippen LogP contribution in [0.25, 0.3) is 11.1 Å². The second-order valence-electron chi connectivity index (χ2n) is 10.6. The lowest BCUT2D eigenvalue weighted by Gasteiger charge is -2.41. The molecule has 1 spiro atoms. The van der Waals surface area contributed by atoms with Crippen molar-refractivity contribution in [1.82, 2.24) is 9.88 Å². The van der Waals surface area contributed by atoms with Gasteiger partial charge in [0.15, 0.2) is 0 Å². The first-order chi connectivity index (χ1) is 17.3. The van der Waals surface area contributed by atoms with Crippen LogP contribution in [0.4, 0.5) is 5.69 Å². The number of hydrogen-bond donors (Lipinski definition) is 2. The number of primary amides is 1. The molecule has 2 saturated heterocycles. The number of anilines is 1. The van der Waals surface area contributed by atoms with Gasteiger partial charge in [-0.25, -0.2) is 0 Å². The molecule has 0 unspecified atom stereocenters. The van der Waals surface area contributed by atoms with E-state index in [1.807, 2.05) is 31.2 Å². The van der Waals surface area contributed by atoms with Gasteiger partial charge in [-0.3, -0.25) is 14.6 Å². The van der Waals surface area contributed by atoms with Crippen molar-refractivity contribution >= 4 is 29.1 Å². The third kappa shape index (κ3) is 4.59. The summed E-state index contributed by atoms with van der Waals surface area (Å²) in [5, 5.41) is 10.5. The quantitative estimate of drug-likeness (QED) is 0.628. The number of piperidine rings is 1. The van der Waals surface area contributed by atoms with Crippen LogP contribution < -0.4 is 10.6 Å². The highest BCUT2D eigenvalue weighted by Gasteiger charge is 2.50. The number of aromatic nitrogens is 1. The normalized spacial score (nSPS) is 26.6. The van der Waals surface area contributed by atoms with E-state index in [1.54, 1.807) is 6.20 Å². The molecule has 0 radical (unpaired) electrons. The van der Waals surface area contributed by atoms with Crippen molar-refractivity contribution in [2.75, 3.05) is 24.5 Å². The third-order valence-corrected chi connectivity index (χ3v) is 8.74. The van der Waals surface area contributed by atoms with Crippen molar-refractivity contribution in [1.29, 1.82) is 0 Å². The van der Waals surface area contributed by atoms with Gasteiger partial charge in [0.1, 0.15) is 5.69 Å². The zero-order valence-corrected chi connectivity index (χ0v) is 21.6. The summed E-state index contributed by atoms with van der Waals surface area (Å²) in [7, 11) is 0. The number of nitrogens with zero attached hydrogens (tertiary/aromatic N) is 3. The van der Waals surface area contributed by atoms with Crippen molar-refractivity contribution in [2.24, 2.45) is 11.1 Å². The smallest absolute Gasteiger partial charge is 0.267 e. The highest BCUT2D eigenvalue weighted by molar-refractivity contribution is 6.33. The molecule has 1 atom stereocenters. The van der Waals surface area contributed by atoms with Gasteiger partial charge >= 0.3 is 0 Å². The average molecular weight is 511 g/mol. The van der Waals surface area contributed by atoms with E-state index >= 15 is 0 Å².